The van der Waals surface area contributed by atoms with Crippen molar-refractivity contribution < 1.29 is 18.7 Å². The van der Waals surface area contributed by atoms with Gasteiger partial charge in [-0.2, -0.15) is 0 Å². The molecule has 3 aromatic carbocycles. The van der Waals surface area contributed by atoms with Crippen LogP contribution >= 0.6 is 11.8 Å². The van der Waals surface area contributed by atoms with Gasteiger partial charge in [0.2, 0.25) is 11.8 Å². The van der Waals surface area contributed by atoms with E-state index >= 15 is 0 Å². The summed E-state index contributed by atoms with van der Waals surface area (Å²) < 4.78 is 16.2. The highest BCUT2D eigenvalue weighted by Gasteiger charge is 2.14. The molecule has 0 saturated heterocycles. The van der Waals surface area contributed by atoms with Crippen molar-refractivity contribution in [2.45, 2.75) is 5.22 Å². The first-order valence-corrected chi connectivity index (χ1v) is 10.1. The fourth-order valence-corrected chi connectivity index (χ4v) is 3.57. The highest BCUT2D eigenvalue weighted by molar-refractivity contribution is 7.99. The van der Waals surface area contributed by atoms with E-state index in [1.54, 1.807) is 32.4 Å². The Balaban J connectivity index is 1.41. The second-order valence-corrected chi connectivity index (χ2v) is 7.23. The molecule has 4 rings (SSSR count). The minimum absolute atomic E-state index is 0.150. The number of hydrogen-bond acceptors (Lipinski definition) is 7. The molecule has 1 amide bonds. The van der Waals surface area contributed by atoms with E-state index in [9.17, 15) is 4.79 Å². The van der Waals surface area contributed by atoms with Crippen molar-refractivity contribution in [2.75, 3.05) is 25.3 Å². The van der Waals surface area contributed by atoms with Crippen molar-refractivity contribution in [2.24, 2.45) is 0 Å². The van der Waals surface area contributed by atoms with Gasteiger partial charge >= 0.3 is 0 Å². The van der Waals surface area contributed by atoms with Crippen LogP contribution in [0.3, 0.4) is 0 Å². The van der Waals surface area contributed by atoms with E-state index in [1.807, 2.05) is 42.5 Å². The number of carbonyl (C=O) groups is 1. The van der Waals surface area contributed by atoms with Crippen molar-refractivity contribution in [1.82, 2.24) is 10.2 Å². The van der Waals surface area contributed by atoms with Crippen LogP contribution < -0.4 is 14.8 Å². The molecular weight excluding hydrogens is 402 g/mol. The second kappa shape index (κ2) is 8.87. The SMILES string of the molecule is COc1ccc(-c2nnc(SCC(=O)Nc3cccc4ccccc34)o2)cc1OC. The van der Waals surface area contributed by atoms with Crippen LogP contribution in [-0.2, 0) is 4.79 Å². The Morgan fingerprint density at radius 2 is 1.80 bits per heavy atom. The summed E-state index contributed by atoms with van der Waals surface area (Å²) in [5.74, 6) is 1.52. The van der Waals surface area contributed by atoms with Crippen molar-refractivity contribution in [3.8, 4) is 23.0 Å². The average molecular weight is 421 g/mol. The van der Waals surface area contributed by atoms with Gasteiger partial charge in [-0.1, -0.05) is 48.2 Å². The molecule has 1 aromatic heterocycles. The summed E-state index contributed by atoms with van der Waals surface area (Å²) in [5, 5.41) is 13.4. The Bertz CT molecular complexity index is 1190. The van der Waals surface area contributed by atoms with E-state index in [2.05, 4.69) is 15.5 Å². The molecule has 0 aliphatic carbocycles. The topological polar surface area (TPSA) is 86.5 Å². The van der Waals surface area contributed by atoms with Gasteiger partial charge in [0, 0.05) is 16.6 Å². The number of benzene rings is 3. The van der Waals surface area contributed by atoms with Crippen molar-refractivity contribution in [1.29, 1.82) is 0 Å². The molecule has 1 heterocycles. The van der Waals surface area contributed by atoms with Gasteiger partial charge in [0.25, 0.3) is 5.22 Å². The number of anilines is 1. The zero-order valence-corrected chi connectivity index (χ0v) is 17.2. The molecule has 8 heteroatoms. The standard InChI is InChI=1S/C22H19N3O4S/c1-27-18-11-10-15(12-19(18)28-2)21-24-25-22(29-21)30-13-20(26)23-17-9-5-7-14-6-3-4-8-16(14)17/h3-12H,13H2,1-2H3,(H,23,26). The van der Waals surface area contributed by atoms with E-state index in [0.717, 1.165) is 16.5 Å². The summed E-state index contributed by atoms with van der Waals surface area (Å²) in [5.41, 5.74) is 1.47. The molecule has 4 aromatic rings. The fourth-order valence-electron chi connectivity index (χ4n) is 3.00. The quantitative estimate of drug-likeness (QED) is 0.435. The van der Waals surface area contributed by atoms with Gasteiger partial charge in [-0.3, -0.25) is 4.79 Å². The van der Waals surface area contributed by atoms with Crippen LogP contribution in [0.1, 0.15) is 0 Å². The second-order valence-electron chi connectivity index (χ2n) is 6.31. The Kier molecular flexibility index (Phi) is 5.85. The maximum absolute atomic E-state index is 12.4. The fraction of sp³-hybridized carbons (Fsp3) is 0.136. The van der Waals surface area contributed by atoms with Gasteiger partial charge in [-0.05, 0) is 29.7 Å². The number of hydrogen-bond donors (Lipinski definition) is 1. The van der Waals surface area contributed by atoms with E-state index in [1.165, 1.54) is 11.8 Å². The number of methoxy groups -OCH3 is 2. The maximum atomic E-state index is 12.4. The number of carbonyl (C=O) groups excluding carboxylic acids is 1. The molecule has 152 valence electrons. The third-order valence-electron chi connectivity index (χ3n) is 4.43. The van der Waals surface area contributed by atoms with Gasteiger partial charge in [0.15, 0.2) is 11.5 Å². The van der Waals surface area contributed by atoms with Crippen LogP contribution in [0.2, 0.25) is 0 Å². The number of nitrogens with one attached hydrogen (secondary N) is 1. The first kappa shape index (κ1) is 19.8. The normalized spacial score (nSPS) is 10.7. The monoisotopic (exact) mass is 421 g/mol. The van der Waals surface area contributed by atoms with Crippen LogP contribution in [0.15, 0.2) is 70.3 Å². The molecule has 0 fully saturated rings. The van der Waals surface area contributed by atoms with Crippen molar-refractivity contribution in [3.05, 3.63) is 60.7 Å². The highest BCUT2D eigenvalue weighted by Crippen LogP contribution is 2.32. The van der Waals surface area contributed by atoms with E-state index in [-0.39, 0.29) is 11.7 Å². The van der Waals surface area contributed by atoms with Gasteiger partial charge in [-0.25, -0.2) is 0 Å². The number of ether oxygens (including phenoxy) is 2. The molecule has 0 unspecified atom stereocenters. The number of thioether (sulfide) groups is 1. The lowest BCUT2D eigenvalue weighted by Gasteiger charge is -2.08. The smallest absolute Gasteiger partial charge is 0.277 e. The Labute approximate surface area is 177 Å². The van der Waals surface area contributed by atoms with E-state index in [0.29, 0.717) is 28.2 Å². The number of rotatable bonds is 7. The number of aromatic nitrogens is 2. The lowest BCUT2D eigenvalue weighted by Crippen LogP contribution is -2.14. The summed E-state index contributed by atoms with van der Waals surface area (Å²) in [7, 11) is 3.13. The first-order valence-electron chi connectivity index (χ1n) is 9.14. The largest absolute Gasteiger partial charge is 0.493 e. The molecule has 30 heavy (non-hydrogen) atoms. The average Bonchev–Trinajstić information content (AvgIpc) is 3.26. The third kappa shape index (κ3) is 4.23. The predicted octanol–water partition coefficient (Wildman–Crippen LogP) is 4.64. The molecule has 0 atom stereocenters. The van der Waals surface area contributed by atoms with Crippen molar-refractivity contribution >= 4 is 34.1 Å². The molecule has 0 aliphatic rings. The molecule has 0 aliphatic heterocycles. The number of fused-ring (bicyclic) bond motifs is 1. The molecule has 1 N–H and O–H groups in total. The Hall–Kier alpha value is -3.52. The minimum Gasteiger partial charge on any atom is -0.493 e. The van der Waals surface area contributed by atoms with Crippen LogP contribution in [0, 0.1) is 0 Å². The van der Waals surface area contributed by atoms with Crippen LogP contribution in [0.25, 0.3) is 22.2 Å². The van der Waals surface area contributed by atoms with Crippen LogP contribution in [0.5, 0.6) is 11.5 Å². The zero-order valence-electron chi connectivity index (χ0n) is 16.4. The van der Waals surface area contributed by atoms with Gasteiger partial charge < -0.3 is 19.2 Å². The predicted molar refractivity (Wildman–Crippen MR) is 116 cm³/mol. The number of amides is 1. The minimum atomic E-state index is -0.151. The van der Waals surface area contributed by atoms with Gasteiger partial charge in [0.1, 0.15) is 0 Å². The number of nitrogens with zero attached hydrogens (tertiary/aromatic N) is 2. The lowest BCUT2D eigenvalue weighted by molar-refractivity contribution is -0.113. The van der Waals surface area contributed by atoms with Crippen LogP contribution in [-0.4, -0.2) is 36.1 Å². The summed E-state index contributed by atoms with van der Waals surface area (Å²) in [4.78, 5) is 12.4. The third-order valence-corrected chi connectivity index (χ3v) is 5.25. The van der Waals surface area contributed by atoms with Gasteiger partial charge in [-0.15, -0.1) is 10.2 Å². The lowest BCUT2D eigenvalue weighted by atomic mass is 10.1. The summed E-state index contributed by atoms with van der Waals surface area (Å²) >= 11 is 1.18. The maximum Gasteiger partial charge on any atom is 0.277 e. The Morgan fingerprint density at radius 1 is 1.00 bits per heavy atom. The molecule has 0 spiro atoms. The molecule has 0 saturated carbocycles. The van der Waals surface area contributed by atoms with E-state index < -0.39 is 0 Å². The highest BCUT2D eigenvalue weighted by atomic mass is 32.2. The Morgan fingerprint density at radius 3 is 2.63 bits per heavy atom. The molecule has 0 bridgehead atoms. The van der Waals surface area contributed by atoms with Crippen molar-refractivity contribution in [3.63, 3.8) is 0 Å². The zero-order chi connectivity index (χ0) is 20.9. The summed E-state index contributed by atoms with van der Waals surface area (Å²) in [6, 6.07) is 19.0. The van der Waals surface area contributed by atoms with Gasteiger partial charge in [0.05, 0.1) is 20.0 Å². The molecular formula is C22H19N3O4S. The summed E-state index contributed by atoms with van der Waals surface area (Å²) in [6.07, 6.45) is 0. The van der Waals surface area contributed by atoms with Crippen LogP contribution in [0.4, 0.5) is 5.69 Å². The van der Waals surface area contributed by atoms with E-state index in [4.69, 9.17) is 13.9 Å². The molecule has 0 radical (unpaired) electrons. The first-order chi connectivity index (χ1) is 14.7. The summed E-state index contributed by atoms with van der Waals surface area (Å²) in [6.45, 7) is 0. The molecule has 7 nitrogen and oxygen atoms in total.